The van der Waals surface area contributed by atoms with Crippen LogP contribution >= 0.6 is 11.6 Å². The lowest BCUT2D eigenvalue weighted by molar-refractivity contribution is 0.0697. The Balaban J connectivity index is 2.10. The largest absolute Gasteiger partial charge is 0.478 e. The number of piperidine rings is 1. The van der Waals surface area contributed by atoms with E-state index in [1.54, 1.807) is 0 Å². The van der Waals surface area contributed by atoms with Crippen LogP contribution in [0, 0.1) is 0 Å². The number of aromatic carboxylic acids is 1. The van der Waals surface area contributed by atoms with Crippen molar-refractivity contribution in [1.29, 1.82) is 0 Å². The number of nitrogens with one attached hydrogen (secondary N) is 1. The maximum Gasteiger partial charge on any atom is 0.337 e. The maximum absolute atomic E-state index is 12.5. The molecule has 1 aliphatic heterocycles. The van der Waals surface area contributed by atoms with Gasteiger partial charge in [-0.25, -0.2) is 17.9 Å². The number of rotatable bonds is 4. The molecule has 6 nitrogen and oxygen atoms in total. The summed E-state index contributed by atoms with van der Waals surface area (Å²) in [6.07, 6.45) is 1.44. The van der Waals surface area contributed by atoms with E-state index in [2.05, 4.69) is 30.4 Å². The van der Waals surface area contributed by atoms with Crippen LogP contribution in [0.25, 0.3) is 0 Å². The van der Waals surface area contributed by atoms with Crippen molar-refractivity contribution in [2.75, 3.05) is 13.1 Å². The first-order chi connectivity index (χ1) is 11.0. The van der Waals surface area contributed by atoms with Gasteiger partial charge in [0.25, 0.3) is 0 Å². The van der Waals surface area contributed by atoms with Crippen LogP contribution < -0.4 is 4.72 Å². The van der Waals surface area contributed by atoms with Gasteiger partial charge in [-0.15, -0.1) is 0 Å². The Morgan fingerprint density at radius 1 is 1.29 bits per heavy atom. The Labute approximate surface area is 147 Å². The number of carbonyl (C=O) groups is 1. The van der Waals surface area contributed by atoms with Crippen molar-refractivity contribution in [2.24, 2.45) is 0 Å². The molecule has 0 saturated carbocycles. The maximum atomic E-state index is 12.5. The average Bonchev–Trinajstić information content (AvgIpc) is 2.46. The van der Waals surface area contributed by atoms with E-state index in [1.807, 2.05) is 0 Å². The minimum Gasteiger partial charge on any atom is -0.478 e. The molecule has 2 N–H and O–H groups in total. The first-order valence-corrected chi connectivity index (χ1v) is 9.67. The summed E-state index contributed by atoms with van der Waals surface area (Å²) in [5.41, 5.74) is -0.154. The van der Waals surface area contributed by atoms with E-state index in [1.165, 1.54) is 12.1 Å². The highest BCUT2D eigenvalue weighted by Gasteiger charge is 2.29. The Bertz CT molecular complexity index is 720. The number of halogens is 1. The van der Waals surface area contributed by atoms with Gasteiger partial charge < -0.3 is 5.11 Å². The molecule has 1 fully saturated rings. The van der Waals surface area contributed by atoms with E-state index in [-0.39, 0.29) is 27.1 Å². The number of hydrogen-bond acceptors (Lipinski definition) is 4. The molecule has 1 saturated heterocycles. The highest BCUT2D eigenvalue weighted by molar-refractivity contribution is 7.89. The molecule has 1 heterocycles. The Hall–Kier alpha value is -1.15. The minimum atomic E-state index is -3.78. The van der Waals surface area contributed by atoms with Gasteiger partial charge in [0, 0.05) is 24.7 Å². The molecule has 0 spiro atoms. The van der Waals surface area contributed by atoms with Crippen LogP contribution in [0.3, 0.4) is 0 Å². The van der Waals surface area contributed by atoms with Crippen molar-refractivity contribution in [2.45, 2.75) is 50.1 Å². The van der Waals surface area contributed by atoms with Gasteiger partial charge in [0.15, 0.2) is 0 Å². The zero-order valence-electron chi connectivity index (χ0n) is 14.0. The zero-order chi connectivity index (χ0) is 18.1. The molecule has 1 aromatic rings. The van der Waals surface area contributed by atoms with Gasteiger partial charge in [-0.05, 0) is 51.8 Å². The van der Waals surface area contributed by atoms with Crippen LogP contribution in [0.2, 0.25) is 5.02 Å². The normalized spacial score (nSPS) is 17.8. The van der Waals surface area contributed by atoms with Gasteiger partial charge in [-0.3, -0.25) is 4.90 Å². The lowest BCUT2D eigenvalue weighted by atomic mass is 9.99. The van der Waals surface area contributed by atoms with Crippen LogP contribution in [0.15, 0.2) is 23.1 Å². The summed E-state index contributed by atoms with van der Waals surface area (Å²) in [4.78, 5) is 13.4. The molecule has 2 rings (SSSR count). The second-order valence-electron chi connectivity index (χ2n) is 7.00. The van der Waals surface area contributed by atoms with Gasteiger partial charge in [-0.2, -0.15) is 0 Å². The van der Waals surface area contributed by atoms with E-state index in [0.29, 0.717) is 0 Å². The fourth-order valence-corrected chi connectivity index (χ4v) is 4.32. The summed E-state index contributed by atoms with van der Waals surface area (Å²) >= 11 is 5.79. The first-order valence-electron chi connectivity index (χ1n) is 7.81. The van der Waals surface area contributed by atoms with Crippen molar-refractivity contribution < 1.29 is 18.3 Å². The monoisotopic (exact) mass is 374 g/mol. The standard InChI is InChI=1S/C16H23ClN2O4S/c1-16(2,3)19-8-6-11(7-9-19)18-24(22,23)12-4-5-14(17)13(10-12)15(20)21/h4-5,10-11,18H,6-9H2,1-3H3,(H,20,21). The molecule has 1 aromatic carbocycles. The summed E-state index contributed by atoms with van der Waals surface area (Å²) in [7, 11) is -3.78. The highest BCUT2D eigenvalue weighted by Crippen LogP contribution is 2.23. The average molecular weight is 375 g/mol. The summed E-state index contributed by atoms with van der Waals surface area (Å²) in [6, 6.07) is 3.55. The first kappa shape index (κ1) is 19.2. The van der Waals surface area contributed by atoms with Gasteiger partial charge >= 0.3 is 5.97 Å². The molecule has 0 unspecified atom stereocenters. The number of carboxylic acids is 1. The topological polar surface area (TPSA) is 86.7 Å². The number of nitrogens with zero attached hydrogens (tertiary/aromatic N) is 1. The fraction of sp³-hybridized carbons (Fsp3) is 0.562. The molecule has 0 bridgehead atoms. The predicted octanol–water partition coefficient (Wildman–Crippen LogP) is 2.58. The molecule has 8 heteroatoms. The van der Waals surface area contributed by atoms with E-state index in [0.717, 1.165) is 32.0 Å². The SMILES string of the molecule is CC(C)(C)N1CCC(NS(=O)(=O)c2ccc(Cl)c(C(=O)O)c2)CC1. The molecule has 134 valence electrons. The van der Waals surface area contributed by atoms with Crippen molar-refractivity contribution in [3.05, 3.63) is 28.8 Å². The molecular formula is C16H23ClN2O4S. The number of hydrogen-bond donors (Lipinski definition) is 2. The van der Waals surface area contributed by atoms with Gasteiger partial charge in [0.2, 0.25) is 10.0 Å². The Kier molecular flexibility index (Phi) is 5.59. The summed E-state index contributed by atoms with van der Waals surface area (Å²) in [5.74, 6) is -1.25. The third kappa shape index (κ3) is 4.47. The van der Waals surface area contributed by atoms with Gasteiger partial charge in [-0.1, -0.05) is 11.6 Å². The van der Waals surface area contributed by atoms with E-state index in [9.17, 15) is 13.2 Å². The summed E-state index contributed by atoms with van der Waals surface area (Å²) in [5, 5.41) is 9.09. The quantitative estimate of drug-likeness (QED) is 0.845. The minimum absolute atomic E-state index is 0.0138. The van der Waals surface area contributed by atoms with Crippen molar-refractivity contribution in [1.82, 2.24) is 9.62 Å². The van der Waals surface area contributed by atoms with Crippen molar-refractivity contribution in [3.63, 3.8) is 0 Å². The second-order valence-corrected chi connectivity index (χ2v) is 9.12. The predicted molar refractivity (Wildman–Crippen MR) is 93.1 cm³/mol. The molecule has 0 aromatic heterocycles. The van der Waals surface area contributed by atoms with Crippen LogP contribution in [0.1, 0.15) is 44.0 Å². The van der Waals surface area contributed by atoms with Crippen LogP contribution in [-0.2, 0) is 10.0 Å². The van der Waals surface area contributed by atoms with Crippen LogP contribution in [-0.4, -0.2) is 49.1 Å². The Morgan fingerprint density at radius 3 is 2.38 bits per heavy atom. The molecule has 24 heavy (non-hydrogen) atoms. The lowest BCUT2D eigenvalue weighted by Crippen LogP contribution is -2.50. The number of likely N-dealkylation sites (tertiary alicyclic amines) is 1. The molecule has 1 aliphatic rings. The van der Waals surface area contributed by atoms with Crippen LogP contribution in [0.5, 0.6) is 0 Å². The Morgan fingerprint density at radius 2 is 1.88 bits per heavy atom. The third-order valence-electron chi connectivity index (χ3n) is 4.24. The van der Waals surface area contributed by atoms with E-state index >= 15 is 0 Å². The second kappa shape index (κ2) is 7.00. The third-order valence-corrected chi connectivity index (χ3v) is 6.09. The lowest BCUT2D eigenvalue weighted by Gasteiger charge is -2.40. The zero-order valence-corrected chi connectivity index (χ0v) is 15.6. The van der Waals surface area contributed by atoms with Crippen molar-refractivity contribution in [3.8, 4) is 0 Å². The van der Waals surface area contributed by atoms with Crippen LogP contribution in [0.4, 0.5) is 0 Å². The molecule has 0 radical (unpaired) electrons. The summed E-state index contributed by atoms with van der Waals surface area (Å²) < 4.78 is 27.7. The molecule has 0 atom stereocenters. The number of benzene rings is 1. The van der Waals surface area contributed by atoms with Crippen molar-refractivity contribution >= 4 is 27.6 Å². The van der Waals surface area contributed by atoms with Gasteiger partial charge in [0.05, 0.1) is 15.5 Å². The highest BCUT2D eigenvalue weighted by atomic mass is 35.5. The molecule has 0 amide bonds. The molecule has 0 aliphatic carbocycles. The molecular weight excluding hydrogens is 352 g/mol. The number of sulfonamides is 1. The summed E-state index contributed by atoms with van der Waals surface area (Å²) in [6.45, 7) is 8.05. The van der Waals surface area contributed by atoms with E-state index in [4.69, 9.17) is 16.7 Å². The van der Waals surface area contributed by atoms with E-state index < -0.39 is 16.0 Å². The van der Waals surface area contributed by atoms with Gasteiger partial charge in [0.1, 0.15) is 0 Å². The smallest absolute Gasteiger partial charge is 0.337 e. The number of carboxylic acid groups (broad SMARTS) is 1. The fourth-order valence-electron chi connectivity index (χ4n) is 2.79.